The number of rotatable bonds is 5. The number of benzene rings is 1. The largest absolute Gasteiger partial charge is 0.493 e. The minimum atomic E-state index is 0.599. The summed E-state index contributed by atoms with van der Waals surface area (Å²) in [4.78, 5) is 2.52. The van der Waals surface area contributed by atoms with Crippen LogP contribution in [0.15, 0.2) is 34.9 Å². The minimum absolute atomic E-state index is 0.599. The van der Waals surface area contributed by atoms with Crippen molar-refractivity contribution in [2.75, 3.05) is 19.7 Å². The van der Waals surface area contributed by atoms with Crippen molar-refractivity contribution in [3.63, 3.8) is 0 Å². The molecule has 1 unspecified atom stereocenters. The number of piperidine rings is 1. The molecule has 1 atom stereocenters. The summed E-state index contributed by atoms with van der Waals surface area (Å²) >= 11 is 0. The number of aromatic nitrogens is 1. The number of ether oxygens (including phenoxy) is 1. The summed E-state index contributed by atoms with van der Waals surface area (Å²) in [5, 5.41) is 4.36. The first kappa shape index (κ1) is 15.7. The van der Waals surface area contributed by atoms with E-state index >= 15 is 0 Å². The average molecular weight is 326 g/mol. The molecule has 4 nitrogen and oxygen atoms in total. The van der Waals surface area contributed by atoms with Gasteiger partial charge < -0.3 is 9.26 Å². The van der Waals surface area contributed by atoms with Crippen LogP contribution in [0.3, 0.4) is 0 Å². The number of likely N-dealkylation sites (tertiary alicyclic amines) is 1. The van der Waals surface area contributed by atoms with E-state index in [1.54, 1.807) is 0 Å². The molecule has 0 spiro atoms. The molecule has 1 aromatic carbocycles. The number of fused-ring (bicyclic) bond motifs is 1. The van der Waals surface area contributed by atoms with E-state index in [0.29, 0.717) is 5.92 Å². The third-order valence-electron chi connectivity index (χ3n) is 5.24. The van der Waals surface area contributed by atoms with Gasteiger partial charge in [0.25, 0.3) is 0 Å². The summed E-state index contributed by atoms with van der Waals surface area (Å²) < 4.78 is 11.5. The second-order valence-electron chi connectivity index (χ2n) is 7.11. The SMILES string of the molecule is c1ccc(OCC2CCCN(Cc3noc4c3CCCC4)C2)cc1. The highest BCUT2D eigenvalue weighted by Crippen LogP contribution is 2.26. The molecule has 1 aliphatic heterocycles. The molecule has 0 bridgehead atoms. The molecular formula is C20H26N2O2. The monoisotopic (exact) mass is 326 g/mol. The van der Waals surface area contributed by atoms with Crippen molar-refractivity contribution in [2.45, 2.75) is 45.1 Å². The van der Waals surface area contributed by atoms with Gasteiger partial charge >= 0.3 is 0 Å². The molecule has 4 heteroatoms. The van der Waals surface area contributed by atoms with E-state index in [9.17, 15) is 0 Å². The normalized spacial score (nSPS) is 21.4. The van der Waals surface area contributed by atoms with E-state index < -0.39 is 0 Å². The third-order valence-corrected chi connectivity index (χ3v) is 5.24. The van der Waals surface area contributed by atoms with Crippen molar-refractivity contribution in [1.82, 2.24) is 10.1 Å². The number of nitrogens with zero attached hydrogens (tertiary/aromatic N) is 2. The Morgan fingerprint density at radius 3 is 2.92 bits per heavy atom. The summed E-state index contributed by atoms with van der Waals surface area (Å²) in [6.45, 7) is 3.98. The molecular weight excluding hydrogens is 300 g/mol. The Balaban J connectivity index is 1.32. The zero-order valence-electron chi connectivity index (χ0n) is 14.2. The van der Waals surface area contributed by atoms with Gasteiger partial charge in [0.15, 0.2) is 0 Å². The topological polar surface area (TPSA) is 38.5 Å². The van der Waals surface area contributed by atoms with Gasteiger partial charge in [0.1, 0.15) is 17.2 Å². The lowest BCUT2D eigenvalue weighted by Gasteiger charge is -2.32. The van der Waals surface area contributed by atoms with E-state index in [2.05, 4.69) is 10.1 Å². The zero-order chi connectivity index (χ0) is 16.2. The quantitative estimate of drug-likeness (QED) is 0.837. The first-order valence-electron chi connectivity index (χ1n) is 9.25. The van der Waals surface area contributed by atoms with Gasteiger partial charge in [0, 0.05) is 31.0 Å². The molecule has 4 rings (SSSR count). The van der Waals surface area contributed by atoms with Gasteiger partial charge in [-0.3, -0.25) is 4.90 Å². The van der Waals surface area contributed by atoms with Crippen LogP contribution in [0.4, 0.5) is 0 Å². The van der Waals surface area contributed by atoms with Crippen LogP contribution in [0.2, 0.25) is 0 Å². The Kier molecular flexibility index (Phi) is 4.83. The Labute approximate surface area is 143 Å². The van der Waals surface area contributed by atoms with Gasteiger partial charge in [0.05, 0.1) is 6.61 Å². The lowest BCUT2D eigenvalue weighted by atomic mass is 9.95. The summed E-state index contributed by atoms with van der Waals surface area (Å²) in [5.41, 5.74) is 2.57. The van der Waals surface area contributed by atoms with E-state index in [4.69, 9.17) is 9.26 Å². The van der Waals surface area contributed by atoms with Crippen LogP contribution in [0.25, 0.3) is 0 Å². The highest BCUT2D eigenvalue weighted by Gasteiger charge is 2.25. The molecule has 2 aromatic rings. The summed E-state index contributed by atoms with van der Waals surface area (Å²) in [7, 11) is 0. The van der Waals surface area contributed by atoms with E-state index in [1.807, 2.05) is 30.3 Å². The van der Waals surface area contributed by atoms with Crippen LogP contribution >= 0.6 is 0 Å². The van der Waals surface area contributed by atoms with Gasteiger partial charge in [-0.15, -0.1) is 0 Å². The predicted molar refractivity (Wildman–Crippen MR) is 93.1 cm³/mol. The standard InChI is InChI=1S/C20H26N2O2/c1-2-8-17(9-3-1)23-15-16-7-6-12-22(13-16)14-19-18-10-4-5-11-20(18)24-21-19/h1-3,8-9,16H,4-7,10-15H2. The van der Waals surface area contributed by atoms with Crippen LogP contribution < -0.4 is 4.74 Å². The smallest absolute Gasteiger partial charge is 0.140 e. The second kappa shape index (κ2) is 7.39. The molecule has 0 radical (unpaired) electrons. The van der Waals surface area contributed by atoms with Crippen LogP contribution in [0.5, 0.6) is 5.75 Å². The molecule has 0 N–H and O–H groups in total. The lowest BCUT2D eigenvalue weighted by molar-refractivity contribution is 0.123. The van der Waals surface area contributed by atoms with Crippen LogP contribution in [-0.2, 0) is 19.4 Å². The van der Waals surface area contributed by atoms with Crippen molar-refractivity contribution in [3.8, 4) is 5.75 Å². The molecule has 1 saturated heterocycles. The summed E-state index contributed by atoms with van der Waals surface area (Å²) in [5.74, 6) is 2.71. The molecule has 0 saturated carbocycles. The number of hydrogen-bond acceptors (Lipinski definition) is 4. The molecule has 1 fully saturated rings. The Bertz CT molecular complexity index is 653. The Morgan fingerprint density at radius 1 is 1.12 bits per heavy atom. The van der Waals surface area contributed by atoms with E-state index in [1.165, 1.54) is 36.9 Å². The first-order valence-corrected chi connectivity index (χ1v) is 9.25. The van der Waals surface area contributed by atoms with E-state index in [-0.39, 0.29) is 0 Å². The van der Waals surface area contributed by atoms with Gasteiger partial charge in [-0.25, -0.2) is 0 Å². The lowest BCUT2D eigenvalue weighted by Crippen LogP contribution is -2.37. The van der Waals surface area contributed by atoms with Gasteiger partial charge in [0.2, 0.25) is 0 Å². The fourth-order valence-electron chi connectivity index (χ4n) is 3.95. The summed E-state index contributed by atoms with van der Waals surface area (Å²) in [6.07, 6.45) is 7.21. The minimum Gasteiger partial charge on any atom is -0.493 e. The van der Waals surface area contributed by atoms with Crippen molar-refractivity contribution >= 4 is 0 Å². The molecule has 2 heterocycles. The first-order chi connectivity index (χ1) is 11.9. The molecule has 2 aliphatic rings. The summed E-state index contributed by atoms with van der Waals surface area (Å²) in [6, 6.07) is 10.1. The highest BCUT2D eigenvalue weighted by molar-refractivity contribution is 5.25. The Morgan fingerprint density at radius 2 is 2.00 bits per heavy atom. The van der Waals surface area contributed by atoms with Crippen molar-refractivity contribution < 1.29 is 9.26 Å². The number of hydrogen-bond donors (Lipinski definition) is 0. The zero-order valence-corrected chi connectivity index (χ0v) is 14.2. The molecule has 1 aliphatic carbocycles. The molecule has 1 aromatic heterocycles. The average Bonchev–Trinajstić information content (AvgIpc) is 3.04. The molecule has 0 amide bonds. The third kappa shape index (κ3) is 3.64. The van der Waals surface area contributed by atoms with Crippen molar-refractivity contribution in [1.29, 1.82) is 0 Å². The maximum Gasteiger partial charge on any atom is 0.140 e. The Hall–Kier alpha value is -1.81. The predicted octanol–water partition coefficient (Wildman–Crippen LogP) is 3.84. The van der Waals surface area contributed by atoms with Crippen molar-refractivity contribution in [2.24, 2.45) is 5.92 Å². The maximum atomic E-state index is 5.96. The van der Waals surface area contributed by atoms with Crippen LogP contribution in [0, 0.1) is 5.92 Å². The molecule has 128 valence electrons. The maximum absolute atomic E-state index is 5.96. The highest BCUT2D eigenvalue weighted by atomic mass is 16.5. The molecule has 24 heavy (non-hydrogen) atoms. The fraction of sp³-hybridized carbons (Fsp3) is 0.550. The van der Waals surface area contributed by atoms with Crippen molar-refractivity contribution in [3.05, 3.63) is 47.3 Å². The fourth-order valence-corrected chi connectivity index (χ4v) is 3.95. The van der Waals surface area contributed by atoms with Gasteiger partial charge in [-0.05, 0) is 50.8 Å². The van der Waals surface area contributed by atoms with Crippen LogP contribution in [-0.4, -0.2) is 29.8 Å². The van der Waals surface area contributed by atoms with Crippen LogP contribution in [0.1, 0.15) is 42.7 Å². The van der Waals surface area contributed by atoms with E-state index in [0.717, 1.165) is 50.6 Å². The second-order valence-corrected chi connectivity index (χ2v) is 7.11. The number of aryl methyl sites for hydroxylation is 1. The van der Waals surface area contributed by atoms with Gasteiger partial charge in [-0.1, -0.05) is 23.4 Å². The number of para-hydroxylation sites is 1. The van der Waals surface area contributed by atoms with Gasteiger partial charge in [-0.2, -0.15) is 0 Å².